The number of benzene rings is 2. The Labute approximate surface area is 267 Å². The van der Waals surface area contributed by atoms with E-state index in [0.717, 1.165) is 80.6 Å². The average molecular weight is 641 g/mol. The van der Waals surface area contributed by atoms with E-state index in [0.29, 0.717) is 22.3 Å². The molecular formula is C34H39Cl2N3O5. The number of nitrogens with zero attached hydrogens (tertiary/aromatic N) is 1. The average Bonchev–Trinajstić information content (AvgIpc) is 3.00. The molecule has 0 unspecified atom stereocenters. The van der Waals surface area contributed by atoms with Gasteiger partial charge in [0.1, 0.15) is 22.5 Å². The Morgan fingerprint density at radius 2 is 1.64 bits per heavy atom. The number of nitrogens with one attached hydrogen (secondary N) is 2. The van der Waals surface area contributed by atoms with Gasteiger partial charge in [-0.15, -0.1) is 0 Å². The molecule has 0 radical (unpaired) electrons. The largest absolute Gasteiger partial charge is 0.507 e. The van der Waals surface area contributed by atoms with E-state index in [9.17, 15) is 14.7 Å². The molecule has 8 nitrogen and oxygen atoms in total. The number of aromatic hydroxyl groups is 1. The highest BCUT2D eigenvalue weighted by atomic mass is 35.5. The molecule has 234 valence electrons. The van der Waals surface area contributed by atoms with Crippen molar-refractivity contribution < 1.29 is 19.1 Å². The van der Waals surface area contributed by atoms with Crippen molar-refractivity contribution in [3.05, 3.63) is 67.6 Å². The highest BCUT2D eigenvalue weighted by molar-refractivity contribution is 6.39. The van der Waals surface area contributed by atoms with E-state index in [2.05, 4.69) is 10.6 Å². The number of aromatic nitrogens is 1. The molecule has 4 aromatic rings. The number of pyridine rings is 1. The van der Waals surface area contributed by atoms with Gasteiger partial charge in [-0.25, -0.2) is 0 Å². The van der Waals surface area contributed by atoms with Crippen molar-refractivity contribution in [3.8, 4) is 11.5 Å². The monoisotopic (exact) mass is 639 g/mol. The van der Waals surface area contributed by atoms with Gasteiger partial charge in [-0.1, -0.05) is 61.7 Å². The predicted octanol–water partition coefficient (Wildman–Crippen LogP) is 8.20. The highest BCUT2D eigenvalue weighted by Gasteiger charge is 2.20. The SMILES string of the molecule is COc1cc(O)c2c(=O)cc(C(=O)NCCCCCCCCCCNc3c4c(nc5cc(Cl)cc(Cl)c35)CCCC4)oc2c1. The van der Waals surface area contributed by atoms with Crippen LogP contribution < -0.4 is 20.8 Å². The first-order chi connectivity index (χ1) is 21.4. The maximum Gasteiger partial charge on any atom is 0.287 e. The molecule has 44 heavy (non-hydrogen) atoms. The van der Waals surface area contributed by atoms with Crippen molar-refractivity contribution in [1.82, 2.24) is 10.3 Å². The molecule has 10 heteroatoms. The predicted molar refractivity (Wildman–Crippen MR) is 177 cm³/mol. The molecule has 1 aliphatic carbocycles. The molecule has 2 aromatic carbocycles. The third kappa shape index (κ3) is 7.59. The number of phenolic OH excluding ortho intramolecular Hbond substituents is 1. The highest BCUT2D eigenvalue weighted by Crippen LogP contribution is 2.38. The van der Waals surface area contributed by atoms with Gasteiger partial charge in [0.2, 0.25) is 0 Å². The standard InChI is InChI=1S/C34H39Cl2N3O5/c1-43-22-18-27(40)32-28(41)20-30(44-29(32)19-22)34(42)38-15-11-7-5-3-2-4-6-10-14-37-33-23-12-8-9-13-25(23)39-26-17-21(35)16-24(36)31(26)33/h16-20,40H,2-15H2,1H3,(H,37,39)(H,38,42). The summed E-state index contributed by atoms with van der Waals surface area (Å²) >= 11 is 12.9. The lowest BCUT2D eigenvalue weighted by atomic mass is 9.92. The molecule has 1 amide bonds. The zero-order valence-corrected chi connectivity index (χ0v) is 26.6. The number of halogens is 2. The number of hydrogen-bond acceptors (Lipinski definition) is 7. The normalized spacial score (nSPS) is 12.8. The van der Waals surface area contributed by atoms with Crippen molar-refractivity contribution >= 4 is 56.7 Å². The van der Waals surface area contributed by atoms with Gasteiger partial charge < -0.3 is 24.9 Å². The number of anilines is 1. The van der Waals surface area contributed by atoms with Crippen molar-refractivity contribution in [1.29, 1.82) is 0 Å². The minimum atomic E-state index is -0.480. The van der Waals surface area contributed by atoms with Gasteiger partial charge in [0.05, 0.1) is 23.3 Å². The summed E-state index contributed by atoms with van der Waals surface area (Å²) in [4.78, 5) is 29.8. The number of phenols is 1. The summed E-state index contributed by atoms with van der Waals surface area (Å²) in [6, 6.07) is 7.63. The molecule has 0 saturated heterocycles. The maximum atomic E-state index is 12.5. The summed E-state index contributed by atoms with van der Waals surface area (Å²) in [6.45, 7) is 1.40. The van der Waals surface area contributed by atoms with E-state index in [1.165, 1.54) is 56.2 Å². The van der Waals surface area contributed by atoms with Crippen LogP contribution in [0.5, 0.6) is 11.5 Å². The van der Waals surface area contributed by atoms with Crippen LogP contribution in [0.3, 0.4) is 0 Å². The first kappa shape index (κ1) is 31.9. The summed E-state index contributed by atoms with van der Waals surface area (Å²) in [7, 11) is 1.44. The number of unbranched alkanes of at least 4 members (excludes halogenated alkanes) is 7. The second-order valence-electron chi connectivity index (χ2n) is 11.4. The lowest BCUT2D eigenvalue weighted by Crippen LogP contribution is -2.25. The van der Waals surface area contributed by atoms with E-state index < -0.39 is 11.3 Å². The molecule has 0 atom stereocenters. The molecule has 0 bridgehead atoms. The first-order valence-electron chi connectivity index (χ1n) is 15.5. The molecule has 0 saturated carbocycles. The number of carbonyl (C=O) groups excluding carboxylic acids is 1. The third-order valence-electron chi connectivity index (χ3n) is 8.21. The Balaban J connectivity index is 0.983. The Morgan fingerprint density at radius 1 is 0.932 bits per heavy atom. The summed E-state index contributed by atoms with van der Waals surface area (Å²) in [5.74, 6) is -0.453. The smallest absolute Gasteiger partial charge is 0.287 e. The fraction of sp³-hybridized carbons (Fsp3) is 0.441. The Kier molecular flexibility index (Phi) is 10.9. The number of aryl methyl sites for hydroxylation is 1. The van der Waals surface area contributed by atoms with Crippen molar-refractivity contribution in [2.24, 2.45) is 0 Å². The lowest BCUT2D eigenvalue weighted by Gasteiger charge is -2.22. The van der Waals surface area contributed by atoms with Crippen molar-refractivity contribution in [3.63, 3.8) is 0 Å². The van der Waals surface area contributed by atoms with Gasteiger partial charge >= 0.3 is 0 Å². The van der Waals surface area contributed by atoms with Gasteiger partial charge in [0, 0.05) is 47.4 Å². The molecule has 0 spiro atoms. The van der Waals surface area contributed by atoms with Crippen LogP contribution in [-0.2, 0) is 12.8 Å². The molecule has 0 fully saturated rings. The fourth-order valence-electron chi connectivity index (χ4n) is 5.96. The van der Waals surface area contributed by atoms with Crippen LogP contribution in [0.25, 0.3) is 21.9 Å². The maximum absolute atomic E-state index is 12.5. The molecule has 0 aliphatic heterocycles. The van der Waals surface area contributed by atoms with E-state index in [1.54, 1.807) is 6.07 Å². The fourth-order valence-corrected chi connectivity index (χ4v) is 6.53. The molecule has 3 N–H and O–H groups in total. The van der Waals surface area contributed by atoms with Crippen LogP contribution in [0.4, 0.5) is 5.69 Å². The van der Waals surface area contributed by atoms with Crippen LogP contribution in [0, 0.1) is 0 Å². The second kappa shape index (κ2) is 15.0. The van der Waals surface area contributed by atoms with Crippen LogP contribution >= 0.6 is 23.2 Å². The van der Waals surface area contributed by atoms with Crippen LogP contribution in [-0.4, -0.2) is 36.2 Å². The van der Waals surface area contributed by atoms with Gasteiger partial charge in [-0.3, -0.25) is 14.6 Å². The minimum absolute atomic E-state index is 0.0233. The summed E-state index contributed by atoms with van der Waals surface area (Å²) < 4.78 is 10.7. The quantitative estimate of drug-likeness (QED) is 0.119. The Bertz CT molecular complexity index is 1700. The molecule has 1 aliphatic rings. The zero-order valence-electron chi connectivity index (χ0n) is 25.1. The van der Waals surface area contributed by atoms with E-state index in [-0.39, 0.29) is 22.5 Å². The van der Waals surface area contributed by atoms with E-state index >= 15 is 0 Å². The summed E-state index contributed by atoms with van der Waals surface area (Å²) in [6.07, 6.45) is 13.1. The number of hydrogen-bond donors (Lipinski definition) is 3. The van der Waals surface area contributed by atoms with Crippen molar-refractivity contribution in [2.75, 3.05) is 25.5 Å². The van der Waals surface area contributed by atoms with Gasteiger partial charge in [-0.05, 0) is 56.2 Å². The van der Waals surface area contributed by atoms with Crippen LogP contribution in [0.15, 0.2) is 39.5 Å². The van der Waals surface area contributed by atoms with Crippen molar-refractivity contribution in [2.45, 2.75) is 77.0 Å². The van der Waals surface area contributed by atoms with E-state index in [4.69, 9.17) is 37.3 Å². The summed E-state index contributed by atoms with van der Waals surface area (Å²) in [5, 5.41) is 18.9. The Hall–Kier alpha value is -3.49. The zero-order chi connectivity index (χ0) is 31.1. The second-order valence-corrected chi connectivity index (χ2v) is 12.3. The number of fused-ring (bicyclic) bond motifs is 3. The number of ether oxygens (including phenoxy) is 1. The van der Waals surface area contributed by atoms with Gasteiger partial charge in [-0.2, -0.15) is 0 Å². The third-order valence-corrected chi connectivity index (χ3v) is 8.73. The molecule has 2 aromatic heterocycles. The first-order valence-corrected chi connectivity index (χ1v) is 16.3. The Morgan fingerprint density at radius 3 is 2.39 bits per heavy atom. The minimum Gasteiger partial charge on any atom is -0.507 e. The number of rotatable bonds is 14. The molecule has 2 heterocycles. The number of amides is 1. The number of methoxy groups -OCH3 is 1. The summed E-state index contributed by atoms with van der Waals surface area (Å²) in [5.41, 5.74) is 4.12. The molecule has 5 rings (SSSR count). The van der Waals surface area contributed by atoms with Crippen LogP contribution in [0.2, 0.25) is 10.0 Å². The number of carbonyl (C=O) groups is 1. The van der Waals surface area contributed by atoms with Gasteiger partial charge in [0.15, 0.2) is 11.2 Å². The van der Waals surface area contributed by atoms with Gasteiger partial charge in [0.25, 0.3) is 5.91 Å². The lowest BCUT2D eigenvalue weighted by molar-refractivity contribution is 0.0925. The topological polar surface area (TPSA) is 114 Å². The molecular weight excluding hydrogens is 601 g/mol. The van der Waals surface area contributed by atoms with Crippen LogP contribution in [0.1, 0.15) is 86.0 Å². The van der Waals surface area contributed by atoms with E-state index in [1.807, 2.05) is 6.07 Å².